The third-order valence-corrected chi connectivity index (χ3v) is 2.70. The molecule has 1 atom stereocenters. The highest BCUT2D eigenvalue weighted by Crippen LogP contribution is 2.42. The second-order valence-corrected chi connectivity index (χ2v) is 4.76. The molecule has 12 heavy (non-hydrogen) atoms. The zero-order valence-corrected chi connectivity index (χ0v) is 8.21. The van der Waals surface area contributed by atoms with Crippen molar-refractivity contribution in [1.82, 2.24) is 0 Å². The Bertz CT molecular complexity index is 199. The molecule has 5 heteroatoms. The quantitative estimate of drug-likeness (QED) is 0.457. The van der Waals surface area contributed by atoms with Crippen LogP contribution in [0.2, 0.25) is 0 Å². The summed E-state index contributed by atoms with van der Waals surface area (Å²) in [4.78, 5) is 17.4. The summed E-state index contributed by atoms with van der Waals surface area (Å²) >= 11 is 0. The molecule has 0 saturated carbocycles. The number of nitrogens with one attached hydrogen (secondary N) is 1. The molecular weight excluding hydrogens is 177 g/mol. The Morgan fingerprint density at radius 2 is 2.17 bits per heavy atom. The van der Waals surface area contributed by atoms with E-state index in [1.54, 1.807) is 0 Å². The van der Waals surface area contributed by atoms with Crippen LogP contribution in [0.25, 0.3) is 0 Å². The zero-order chi connectivity index (χ0) is 9.78. The van der Waals surface area contributed by atoms with Gasteiger partial charge in [0, 0.05) is 12.1 Å². The van der Waals surface area contributed by atoms with Crippen molar-refractivity contribution in [2.24, 2.45) is 0 Å². The Morgan fingerprint density at radius 1 is 1.67 bits per heavy atom. The van der Waals surface area contributed by atoms with Crippen molar-refractivity contribution >= 4 is 13.3 Å². The topological polar surface area (TPSA) is 81.4 Å². The van der Waals surface area contributed by atoms with Crippen LogP contribution < -0.4 is 0 Å². The molecule has 0 aromatic rings. The van der Waals surface area contributed by atoms with Crippen molar-refractivity contribution in [2.75, 3.05) is 0 Å². The van der Waals surface area contributed by atoms with Gasteiger partial charge >= 0.3 is 7.60 Å². The van der Waals surface area contributed by atoms with E-state index in [4.69, 9.17) is 15.2 Å². The Kier molecular flexibility index (Phi) is 4.68. The van der Waals surface area contributed by atoms with Crippen LogP contribution in [0.15, 0.2) is 0 Å². The van der Waals surface area contributed by atoms with Crippen LogP contribution in [0.1, 0.15) is 26.7 Å². The van der Waals surface area contributed by atoms with Crippen molar-refractivity contribution in [3.8, 4) is 0 Å². The summed E-state index contributed by atoms with van der Waals surface area (Å²) in [5, 5.41) is 7.30. The minimum absolute atomic E-state index is 0.299. The average molecular weight is 192 g/mol. The van der Waals surface area contributed by atoms with Gasteiger partial charge in [0.2, 0.25) is 0 Å². The molecule has 4 nitrogen and oxygen atoms in total. The molecule has 71 valence electrons. The first-order chi connectivity index (χ1) is 5.38. The SMILES string of the molecule is CCCC(=N)[CH]C(C)P(=O)(O)O. The van der Waals surface area contributed by atoms with E-state index in [2.05, 4.69) is 0 Å². The van der Waals surface area contributed by atoms with E-state index in [-0.39, 0.29) is 0 Å². The summed E-state index contributed by atoms with van der Waals surface area (Å²) in [5.74, 6) is 0. The lowest BCUT2D eigenvalue weighted by molar-refractivity contribution is 0.366. The highest BCUT2D eigenvalue weighted by atomic mass is 31.2. The standard InChI is InChI=1S/C7H15NO3P/c1-3-4-7(8)5-6(2)12(9,10)11/h5-6,8H,3-4H2,1-2H3,(H2,9,10,11). The molecular formula is C7H15NO3P. The predicted molar refractivity (Wildman–Crippen MR) is 48.4 cm³/mol. The normalized spacial score (nSPS) is 14.3. The molecule has 0 aromatic heterocycles. The Balaban J connectivity index is 3.93. The highest BCUT2D eigenvalue weighted by Gasteiger charge is 2.24. The van der Waals surface area contributed by atoms with Crippen LogP contribution in [0.3, 0.4) is 0 Å². The monoisotopic (exact) mass is 192 g/mol. The molecule has 0 bridgehead atoms. The lowest BCUT2D eigenvalue weighted by Crippen LogP contribution is -2.10. The lowest BCUT2D eigenvalue weighted by atomic mass is 10.1. The second kappa shape index (κ2) is 4.75. The summed E-state index contributed by atoms with van der Waals surface area (Å²) in [7, 11) is -4.03. The van der Waals surface area contributed by atoms with E-state index in [1.807, 2.05) is 6.92 Å². The molecule has 0 rings (SSSR count). The van der Waals surface area contributed by atoms with Crippen molar-refractivity contribution in [1.29, 1.82) is 5.41 Å². The molecule has 0 spiro atoms. The van der Waals surface area contributed by atoms with E-state index in [1.165, 1.54) is 13.3 Å². The van der Waals surface area contributed by atoms with E-state index in [0.29, 0.717) is 12.1 Å². The molecule has 0 saturated heterocycles. The van der Waals surface area contributed by atoms with Gasteiger partial charge in [-0.25, -0.2) is 0 Å². The Hall–Kier alpha value is -0.180. The highest BCUT2D eigenvalue weighted by molar-refractivity contribution is 7.52. The molecule has 0 aliphatic heterocycles. The fraction of sp³-hybridized carbons (Fsp3) is 0.714. The van der Waals surface area contributed by atoms with E-state index < -0.39 is 13.3 Å². The summed E-state index contributed by atoms with van der Waals surface area (Å²) in [5.41, 5.74) is -0.537. The van der Waals surface area contributed by atoms with Crippen molar-refractivity contribution in [3.63, 3.8) is 0 Å². The van der Waals surface area contributed by atoms with Crippen LogP contribution in [0.4, 0.5) is 0 Å². The van der Waals surface area contributed by atoms with E-state index in [9.17, 15) is 4.57 Å². The van der Waals surface area contributed by atoms with Gasteiger partial charge in [0.25, 0.3) is 0 Å². The molecule has 0 amide bonds. The van der Waals surface area contributed by atoms with E-state index >= 15 is 0 Å². The van der Waals surface area contributed by atoms with Gasteiger partial charge in [-0.1, -0.05) is 20.3 Å². The summed E-state index contributed by atoms with van der Waals surface area (Å²) in [6.07, 6.45) is 2.72. The maximum Gasteiger partial charge on any atom is 0.329 e. The maximum atomic E-state index is 10.6. The molecule has 3 N–H and O–H groups in total. The van der Waals surface area contributed by atoms with Crippen molar-refractivity contribution < 1.29 is 14.4 Å². The van der Waals surface area contributed by atoms with Crippen LogP contribution in [0.5, 0.6) is 0 Å². The maximum absolute atomic E-state index is 10.6. The Morgan fingerprint density at radius 3 is 2.50 bits per heavy atom. The molecule has 0 aliphatic rings. The summed E-state index contributed by atoms with van der Waals surface area (Å²) in [6, 6.07) is 0. The third kappa shape index (κ3) is 4.65. The molecule has 0 heterocycles. The predicted octanol–water partition coefficient (Wildman–Crippen LogP) is 1.58. The molecule has 1 unspecified atom stereocenters. The molecule has 0 fully saturated rings. The second-order valence-electron chi connectivity index (χ2n) is 2.77. The van der Waals surface area contributed by atoms with Gasteiger partial charge in [0.1, 0.15) is 0 Å². The van der Waals surface area contributed by atoms with E-state index in [0.717, 1.165) is 6.42 Å². The fourth-order valence-corrected chi connectivity index (χ4v) is 1.12. The van der Waals surface area contributed by atoms with Gasteiger partial charge in [-0.3, -0.25) is 4.57 Å². The lowest BCUT2D eigenvalue weighted by Gasteiger charge is -2.12. The smallest absolute Gasteiger partial charge is 0.324 e. The zero-order valence-electron chi connectivity index (χ0n) is 7.32. The van der Waals surface area contributed by atoms with Crippen LogP contribution in [-0.4, -0.2) is 21.2 Å². The Labute approximate surface area is 72.7 Å². The van der Waals surface area contributed by atoms with Gasteiger partial charge in [0.15, 0.2) is 0 Å². The van der Waals surface area contributed by atoms with Gasteiger partial charge in [-0.2, -0.15) is 0 Å². The van der Waals surface area contributed by atoms with Crippen LogP contribution >= 0.6 is 7.60 Å². The number of hydrogen-bond donors (Lipinski definition) is 3. The average Bonchev–Trinajstić information content (AvgIpc) is 1.85. The molecule has 0 aromatic carbocycles. The number of rotatable bonds is 5. The van der Waals surface area contributed by atoms with Crippen LogP contribution in [0, 0.1) is 11.8 Å². The van der Waals surface area contributed by atoms with Crippen molar-refractivity contribution in [2.45, 2.75) is 32.3 Å². The van der Waals surface area contributed by atoms with Gasteiger partial charge in [-0.05, 0) is 6.42 Å². The minimum Gasteiger partial charge on any atom is -0.324 e. The van der Waals surface area contributed by atoms with Gasteiger partial charge in [0.05, 0.1) is 5.66 Å². The fourth-order valence-electron chi connectivity index (χ4n) is 0.741. The largest absolute Gasteiger partial charge is 0.329 e. The first-order valence-corrected chi connectivity index (χ1v) is 5.53. The summed E-state index contributed by atoms with van der Waals surface area (Å²) < 4.78 is 10.6. The van der Waals surface area contributed by atoms with Gasteiger partial charge in [-0.15, -0.1) is 0 Å². The van der Waals surface area contributed by atoms with Gasteiger partial charge < -0.3 is 15.2 Å². The van der Waals surface area contributed by atoms with Crippen LogP contribution in [-0.2, 0) is 4.57 Å². The molecule has 0 aliphatic carbocycles. The third-order valence-electron chi connectivity index (χ3n) is 1.49. The first kappa shape index (κ1) is 11.8. The molecule has 1 radical (unpaired) electrons. The first-order valence-electron chi connectivity index (χ1n) is 3.85. The number of hydrogen-bond acceptors (Lipinski definition) is 2. The summed E-state index contributed by atoms with van der Waals surface area (Å²) in [6.45, 7) is 3.34. The van der Waals surface area contributed by atoms with Crippen molar-refractivity contribution in [3.05, 3.63) is 6.42 Å². The minimum atomic E-state index is -4.03.